The maximum absolute atomic E-state index is 10.1. The van der Waals surface area contributed by atoms with E-state index in [2.05, 4.69) is 61.7 Å². The summed E-state index contributed by atoms with van der Waals surface area (Å²) in [6.45, 7) is 7.27. The van der Waals surface area contributed by atoms with Crippen LogP contribution in [0.15, 0.2) is 71.3 Å². The molecule has 35 heavy (non-hydrogen) atoms. The summed E-state index contributed by atoms with van der Waals surface area (Å²) in [5.74, 6) is 0.860. The van der Waals surface area contributed by atoms with Gasteiger partial charge < -0.3 is 9.15 Å². The summed E-state index contributed by atoms with van der Waals surface area (Å²) in [7, 11) is 2.05. The van der Waals surface area contributed by atoms with Gasteiger partial charge in [0.1, 0.15) is 24.0 Å². The molecule has 0 saturated heterocycles. The first-order chi connectivity index (χ1) is 16.9. The molecule has 5 aromatic rings. The number of nitrogens with zero attached hydrogens (tertiary/aromatic N) is 2. The van der Waals surface area contributed by atoms with Gasteiger partial charge in [-0.15, -0.1) is 0 Å². The van der Waals surface area contributed by atoms with E-state index in [4.69, 9.17) is 9.15 Å². The lowest BCUT2D eigenvalue weighted by Crippen LogP contribution is -2.30. The van der Waals surface area contributed by atoms with Gasteiger partial charge in [0.15, 0.2) is 6.20 Å². The fraction of sp³-hybridized carbons (Fsp3) is 0.226. The largest absolute Gasteiger partial charge is 0.493 e. The summed E-state index contributed by atoms with van der Waals surface area (Å²) < 4.78 is 15.1. The van der Waals surface area contributed by atoms with Crippen LogP contribution in [0.5, 0.6) is 5.75 Å². The monoisotopic (exact) mass is 459 g/mol. The maximum Gasteiger partial charge on any atom is 0.216 e. The number of pyridine rings is 1. The standard InChI is InChI=1S/C31H27N2O2/c1-19-11-13-21-22-14-12-20(18-32)27(23-8-7-9-24-28(23)34-17-15-31(24,2)3)30(22)35-29(21)26(19)25-10-5-6-16-33(25)4/h5-14,16H,15,17H2,1-4H3/q+1. The molecule has 0 bridgehead atoms. The van der Waals surface area contributed by atoms with Crippen LogP contribution < -0.4 is 9.30 Å². The number of hydrogen-bond acceptors (Lipinski definition) is 3. The molecular formula is C31H27N2O2+. The zero-order valence-corrected chi connectivity index (χ0v) is 20.5. The average molecular weight is 460 g/mol. The van der Waals surface area contributed by atoms with E-state index in [1.54, 1.807) is 0 Å². The van der Waals surface area contributed by atoms with Gasteiger partial charge in [0, 0.05) is 39.6 Å². The van der Waals surface area contributed by atoms with Crippen LogP contribution in [0, 0.1) is 18.3 Å². The number of aromatic nitrogens is 1. The molecule has 4 nitrogen and oxygen atoms in total. The number of para-hydroxylation sites is 1. The van der Waals surface area contributed by atoms with Gasteiger partial charge in [-0.05, 0) is 42.5 Å². The SMILES string of the molecule is Cc1ccc2c(oc3c(-c4cccc5c4OCCC5(C)C)c(C#N)ccc32)c1-c1cccc[n+]1C. The molecular weight excluding hydrogens is 432 g/mol. The lowest BCUT2D eigenvalue weighted by molar-refractivity contribution is -0.660. The Morgan fingerprint density at radius 1 is 0.914 bits per heavy atom. The van der Waals surface area contributed by atoms with E-state index >= 15 is 0 Å². The van der Waals surface area contributed by atoms with Crippen molar-refractivity contribution in [1.29, 1.82) is 5.26 Å². The van der Waals surface area contributed by atoms with E-state index < -0.39 is 0 Å². The first-order valence-corrected chi connectivity index (χ1v) is 12.0. The minimum Gasteiger partial charge on any atom is -0.493 e. The van der Waals surface area contributed by atoms with Crippen LogP contribution in [0.2, 0.25) is 0 Å². The Hall–Kier alpha value is -4.10. The van der Waals surface area contributed by atoms with Gasteiger partial charge in [0.25, 0.3) is 0 Å². The van der Waals surface area contributed by atoms with Crippen molar-refractivity contribution < 1.29 is 13.7 Å². The molecule has 3 aromatic carbocycles. The molecule has 6 rings (SSSR count). The van der Waals surface area contributed by atoms with Crippen LogP contribution in [0.4, 0.5) is 0 Å². The lowest BCUT2D eigenvalue weighted by atomic mass is 9.78. The fourth-order valence-electron chi connectivity index (χ4n) is 5.43. The molecule has 4 heteroatoms. The van der Waals surface area contributed by atoms with Gasteiger partial charge in [0.2, 0.25) is 5.69 Å². The van der Waals surface area contributed by atoms with Gasteiger partial charge in [-0.2, -0.15) is 5.26 Å². The van der Waals surface area contributed by atoms with E-state index in [1.807, 2.05) is 43.6 Å². The number of aryl methyl sites for hydroxylation is 2. The van der Waals surface area contributed by atoms with Gasteiger partial charge in [0.05, 0.1) is 23.8 Å². The van der Waals surface area contributed by atoms with Crippen molar-refractivity contribution in [2.24, 2.45) is 7.05 Å². The first-order valence-electron chi connectivity index (χ1n) is 12.0. The highest BCUT2D eigenvalue weighted by Crippen LogP contribution is 2.48. The van der Waals surface area contributed by atoms with Crippen LogP contribution in [-0.2, 0) is 12.5 Å². The van der Waals surface area contributed by atoms with Crippen LogP contribution in [0.3, 0.4) is 0 Å². The summed E-state index contributed by atoms with van der Waals surface area (Å²) >= 11 is 0. The molecule has 0 aliphatic carbocycles. The second-order valence-corrected chi connectivity index (χ2v) is 10.1. The third kappa shape index (κ3) is 3.15. The van der Waals surface area contributed by atoms with Crippen LogP contribution in [0.1, 0.15) is 37.0 Å². The van der Waals surface area contributed by atoms with E-state index in [1.165, 1.54) is 5.56 Å². The normalized spacial score (nSPS) is 14.5. The molecule has 1 aliphatic heterocycles. The zero-order valence-electron chi connectivity index (χ0n) is 20.5. The third-order valence-electron chi connectivity index (χ3n) is 7.44. The second-order valence-electron chi connectivity index (χ2n) is 10.1. The van der Waals surface area contributed by atoms with Crippen molar-refractivity contribution in [3.63, 3.8) is 0 Å². The summed E-state index contributed by atoms with van der Waals surface area (Å²) in [6.07, 6.45) is 3.00. The fourth-order valence-corrected chi connectivity index (χ4v) is 5.43. The molecule has 0 amide bonds. The average Bonchev–Trinajstić information content (AvgIpc) is 3.22. The van der Waals surface area contributed by atoms with Gasteiger partial charge in [-0.3, -0.25) is 0 Å². The van der Waals surface area contributed by atoms with Crippen LogP contribution >= 0.6 is 0 Å². The molecule has 3 heterocycles. The summed E-state index contributed by atoms with van der Waals surface area (Å²) in [4.78, 5) is 0. The molecule has 0 radical (unpaired) electrons. The molecule has 1 aliphatic rings. The molecule has 172 valence electrons. The van der Waals surface area contributed by atoms with Crippen molar-refractivity contribution in [3.05, 3.63) is 83.6 Å². The lowest BCUT2D eigenvalue weighted by Gasteiger charge is -2.33. The quantitative estimate of drug-likeness (QED) is 0.268. The van der Waals surface area contributed by atoms with Crippen molar-refractivity contribution in [1.82, 2.24) is 0 Å². The minimum atomic E-state index is 0.00448. The zero-order chi connectivity index (χ0) is 24.3. The molecule has 0 atom stereocenters. The topological polar surface area (TPSA) is 50.0 Å². The number of benzene rings is 3. The van der Waals surface area contributed by atoms with Crippen LogP contribution in [-0.4, -0.2) is 6.61 Å². The van der Waals surface area contributed by atoms with E-state index in [-0.39, 0.29) is 5.41 Å². The number of nitriles is 1. The Bertz CT molecular complexity index is 1680. The Morgan fingerprint density at radius 3 is 2.46 bits per heavy atom. The van der Waals surface area contributed by atoms with Crippen molar-refractivity contribution in [2.45, 2.75) is 32.6 Å². The second kappa shape index (κ2) is 7.71. The third-order valence-corrected chi connectivity index (χ3v) is 7.44. The van der Waals surface area contributed by atoms with Gasteiger partial charge >= 0.3 is 0 Å². The molecule has 2 aromatic heterocycles. The van der Waals surface area contributed by atoms with E-state index in [9.17, 15) is 5.26 Å². The minimum absolute atomic E-state index is 0.00448. The number of hydrogen-bond donors (Lipinski definition) is 0. The highest BCUT2D eigenvalue weighted by Gasteiger charge is 2.32. The van der Waals surface area contributed by atoms with Crippen molar-refractivity contribution in [3.8, 4) is 34.2 Å². The van der Waals surface area contributed by atoms with Crippen molar-refractivity contribution >= 4 is 21.9 Å². The number of rotatable bonds is 2. The van der Waals surface area contributed by atoms with Gasteiger partial charge in [-0.25, -0.2) is 4.57 Å². The predicted molar refractivity (Wildman–Crippen MR) is 138 cm³/mol. The number of furan rings is 1. The molecule has 0 spiro atoms. The molecule has 0 fully saturated rings. The highest BCUT2D eigenvalue weighted by molar-refractivity contribution is 6.14. The smallest absolute Gasteiger partial charge is 0.216 e. The Labute approximate surface area is 205 Å². The number of ether oxygens (including phenoxy) is 1. The summed E-state index contributed by atoms with van der Waals surface area (Å²) in [6, 6.07) is 23.0. The summed E-state index contributed by atoms with van der Waals surface area (Å²) in [5, 5.41) is 12.1. The molecule has 0 N–H and O–H groups in total. The first kappa shape index (κ1) is 21.4. The van der Waals surface area contributed by atoms with Gasteiger partial charge in [-0.1, -0.05) is 44.2 Å². The Balaban J connectivity index is 1.73. The Morgan fingerprint density at radius 2 is 1.69 bits per heavy atom. The molecule has 0 unspecified atom stereocenters. The van der Waals surface area contributed by atoms with Crippen molar-refractivity contribution in [2.75, 3.05) is 6.61 Å². The van der Waals surface area contributed by atoms with E-state index in [0.29, 0.717) is 12.2 Å². The van der Waals surface area contributed by atoms with Crippen LogP contribution in [0.25, 0.3) is 44.3 Å². The van der Waals surface area contributed by atoms with E-state index in [0.717, 1.165) is 62.1 Å². The highest BCUT2D eigenvalue weighted by atomic mass is 16.5. The maximum atomic E-state index is 10.1. The predicted octanol–water partition coefficient (Wildman–Crippen LogP) is 6.98. The molecule has 0 saturated carbocycles. The summed E-state index contributed by atoms with van der Waals surface area (Å²) in [5.41, 5.74) is 8.34. The Kier molecular flexibility index (Phi) is 4.72. The number of fused-ring (bicyclic) bond motifs is 4.